The highest BCUT2D eigenvalue weighted by atomic mass is 15.1. The Balaban J connectivity index is 2.41. The Bertz CT molecular complexity index is 376. The van der Waals surface area contributed by atoms with Crippen LogP contribution in [0.5, 0.6) is 0 Å². The molecule has 0 amide bonds. The lowest BCUT2D eigenvalue weighted by molar-refractivity contribution is 0.333. The molecule has 2 nitrogen and oxygen atoms in total. The maximum atomic E-state index is 5.76. The van der Waals surface area contributed by atoms with Crippen molar-refractivity contribution in [1.82, 2.24) is 0 Å². The van der Waals surface area contributed by atoms with Gasteiger partial charge in [0, 0.05) is 19.3 Å². The zero-order valence-electron chi connectivity index (χ0n) is 13.3. The van der Waals surface area contributed by atoms with E-state index in [1.807, 2.05) is 0 Å². The molecule has 1 aromatic carbocycles. The molecular formula is C17H30N2. The van der Waals surface area contributed by atoms with Crippen molar-refractivity contribution in [3.05, 3.63) is 29.3 Å². The van der Waals surface area contributed by atoms with Crippen LogP contribution < -0.4 is 10.6 Å². The smallest absolute Gasteiger partial charge is 0.0368 e. The minimum atomic E-state index is 0.290. The monoisotopic (exact) mass is 262 g/mol. The Morgan fingerprint density at radius 3 is 2.16 bits per heavy atom. The van der Waals surface area contributed by atoms with Crippen LogP contribution in [0.1, 0.15) is 44.2 Å². The van der Waals surface area contributed by atoms with Crippen molar-refractivity contribution < 1.29 is 0 Å². The third-order valence-electron chi connectivity index (χ3n) is 3.80. The Morgan fingerprint density at radius 2 is 1.63 bits per heavy atom. The van der Waals surface area contributed by atoms with E-state index in [-0.39, 0.29) is 0 Å². The number of benzene rings is 1. The fourth-order valence-corrected chi connectivity index (χ4v) is 2.35. The van der Waals surface area contributed by atoms with Gasteiger partial charge < -0.3 is 10.6 Å². The molecule has 0 saturated heterocycles. The maximum absolute atomic E-state index is 5.76. The molecule has 2 heteroatoms. The van der Waals surface area contributed by atoms with Gasteiger partial charge in [-0.05, 0) is 61.9 Å². The summed E-state index contributed by atoms with van der Waals surface area (Å²) >= 11 is 0. The molecular weight excluding hydrogens is 232 g/mol. The molecule has 0 aromatic heterocycles. The van der Waals surface area contributed by atoms with Gasteiger partial charge in [-0.2, -0.15) is 0 Å². The third-order valence-corrected chi connectivity index (χ3v) is 3.80. The highest BCUT2D eigenvalue weighted by molar-refractivity contribution is 5.50. The third kappa shape index (κ3) is 5.65. The second-order valence-corrected chi connectivity index (χ2v) is 6.59. The summed E-state index contributed by atoms with van der Waals surface area (Å²) in [5, 5.41) is 0. The van der Waals surface area contributed by atoms with Crippen LogP contribution in [0.15, 0.2) is 18.2 Å². The Hall–Kier alpha value is -1.02. The van der Waals surface area contributed by atoms with E-state index >= 15 is 0 Å². The maximum Gasteiger partial charge on any atom is 0.0368 e. The van der Waals surface area contributed by atoms with Crippen molar-refractivity contribution >= 4 is 5.69 Å². The van der Waals surface area contributed by atoms with Gasteiger partial charge in [0.15, 0.2) is 0 Å². The second-order valence-electron chi connectivity index (χ2n) is 6.59. The molecule has 0 aliphatic carbocycles. The number of rotatable bonds is 7. The fourth-order valence-electron chi connectivity index (χ4n) is 2.35. The first-order chi connectivity index (χ1) is 8.84. The van der Waals surface area contributed by atoms with E-state index in [9.17, 15) is 0 Å². The summed E-state index contributed by atoms with van der Waals surface area (Å²) in [6, 6.07) is 6.74. The van der Waals surface area contributed by atoms with Gasteiger partial charge in [0.25, 0.3) is 0 Å². The van der Waals surface area contributed by atoms with E-state index in [0.29, 0.717) is 5.41 Å². The first kappa shape index (κ1) is 16.0. The Morgan fingerprint density at radius 1 is 1.05 bits per heavy atom. The van der Waals surface area contributed by atoms with E-state index in [0.717, 1.165) is 13.1 Å². The first-order valence-corrected chi connectivity index (χ1v) is 7.33. The number of hydrogen-bond acceptors (Lipinski definition) is 2. The van der Waals surface area contributed by atoms with Crippen LogP contribution in [0, 0.1) is 19.3 Å². The molecule has 0 spiro atoms. The molecule has 0 unspecified atom stereocenters. The van der Waals surface area contributed by atoms with Gasteiger partial charge in [-0.1, -0.05) is 26.3 Å². The fraction of sp³-hybridized carbons (Fsp3) is 0.647. The first-order valence-electron chi connectivity index (χ1n) is 7.33. The van der Waals surface area contributed by atoms with E-state index in [4.69, 9.17) is 5.73 Å². The molecule has 0 radical (unpaired) electrons. The lowest BCUT2D eigenvalue weighted by atomic mass is 9.87. The summed E-state index contributed by atoms with van der Waals surface area (Å²) < 4.78 is 0. The average Bonchev–Trinajstić information content (AvgIpc) is 2.33. The molecule has 19 heavy (non-hydrogen) atoms. The number of nitrogens with two attached hydrogens (primary N) is 1. The summed E-state index contributed by atoms with van der Waals surface area (Å²) in [6.45, 7) is 10.7. The van der Waals surface area contributed by atoms with Gasteiger partial charge >= 0.3 is 0 Å². The van der Waals surface area contributed by atoms with Crippen LogP contribution in [0.25, 0.3) is 0 Å². The largest absolute Gasteiger partial charge is 0.375 e. The van der Waals surface area contributed by atoms with Crippen LogP contribution in [0.4, 0.5) is 5.69 Å². The van der Waals surface area contributed by atoms with Crippen molar-refractivity contribution in [1.29, 1.82) is 0 Å². The predicted molar refractivity (Wildman–Crippen MR) is 85.9 cm³/mol. The molecule has 0 fully saturated rings. The molecule has 0 aliphatic heterocycles. The van der Waals surface area contributed by atoms with Crippen LogP contribution in [0.2, 0.25) is 0 Å². The van der Waals surface area contributed by atoms with E-state index < -0.39 is 0 Å². The molecule has 1 aromatic rings. The molecule has 2 N–H and O–H groups in total. The van der Waals surface area contributed by atoms with Gasteiger partial charge in [-0.15, -0.1) is 0 Å². The minimum absolute atomic E-state index is 0.290. The van der Waals surface area contributed by atoms with Crippen molar-refractivity contribution in [2.24, 2.45) is 11.1 Å². The van der Waals surface area contributed by atoms with E-state index in [1.165, 1.54) is 36.1 Å². The molecule has 0 atom stereocenters. The van der Waals surface area contributed by atoms with Crippen LogP contribution >= 0.6 is 0 Å². The van der Waals surface area contributed by atoms with Gasteiger partial charge in [-0.3, -0.25) is 0 Å². The van der Waals surface area contributed by atoms with Crippen molar-refractivity contribution in [3.63, 3.8) is 0 Å². The second kappa shape index (κ2) is 6.95. The zero-order chi connectivity index (χ0) is 14.5. The highest BCUT2D eigenvalue weighted by Gasteiger charge is 2.14. The molecule has 0 heterocycles. The quantitative estimate of drug-likeness (QED) is 0.755. The normalized spacial score (nSPS) is 11.7. The number of aryl methyl sites for hydroxylation is 2. The van der Waals surface area contributed by atoms with Gasteiger partial charge in [0.2, 0.25) is 0 Å². The lowest BCUT2D eigenvalue weighted by Crippen LogP contribution is -2.24. The zero-order valence-corrected chi connectivity index (χ0v) is 13.3. The van der Waals surface area contributed by atoms with E-state index in [1.54, 1.807) is 0 Å². The standard InChI is InChI=1S/C17H30N2/c1-14-10-15(2)12-16(11-14)19(5)9-7-6-8-17(3,4)13-18/h10-12H,6-9,13,18H2,1-5H3. The SMILES string of the molecule is Cc1cc(C)cc(N(C)CCCCC(C)(C)CN)c1. The summed E-state index contributed by atoms with van der Waals surface area (Å²) in [5.41, 5.74) is 10.1. The van der Waals surface area contributed by atoms with Crippen LogP contribution in [0.3, 0.4) is 0 Å². The van der Waals surface area contributed by atoms with Crippen molar-refractivity contribution in [2.75, 3.05) is 25.0 Å². The van der Waals surface area contributed by atoms with Crippen LogP contribution in [-0.4, -0.2) is 20.1 Å². The summed E-state index contributed by atoms with van der Waals surface area (Å²) in [5.74, 6) is 0. The summed E-state index contributed by atoms with van der Waals surface area (Å²) in [7, 11) is 2.18. The highest BCUT2D eigenvalue weighted by Crippen LogP contribution is 2.22. The van der Waals surface area contributed by atoms with Gasteiger partial charge in [-0.25, -0.2) is 0 Å². The topological polar surface area (TPSA) is 29.3 Å². The number of hydrogen-bond donors (Lipinski definition) is 1. The van der Waals surface area contributed by atoms with Crippen molar-refractivity contribution in [2.45, 2.75) is 47.0 Å². The molecule has 108 valence electrons. The average molecular weight is 262 g/mol. The summed E-state index contributed by atoms with van der Waals surface area (Å²) in [4.78, 5) is 2.36. The molecule has 0 aliphatic rings. The Kier molecular flexibility index (Phi) is 5.86. The van der Waals surface area contributed by atoms with Gasteiger partial charge in [0.1, 0.15) is 0 Å². The molecule has 0 bridgehead atoms. The molecule has 0 saturated carbocycles. The summed E-state index contributed by atoms with van der Waals surface area (Å²) in [6.07, 6.45) is 3.69. The number of nitrogens with zero attached hydrogens (tertiary/aromatic N) is 1. The minimum Gasteiger partial charge on any atom is -0.375 e. The lowest BCUT2D eigenvalue weighted by Gasteiger charge is -2.24. The molecule has 1 rings (SSSR count). The number of unbranched alkanes of at least 4 members (excludes halogenated alkanes) is 1. The van der Waals surface area contributed by atoms with Crippen molar-refractivity contribution in [3.8, 4) is 0 Å². The van der Waals surface area contributed by atoms with E-state index in [2.05, 4.69) is 57.8 Å². The Labute approximate surface area is 119 Å². The van der Waals surface area contributed by atoms with Gasteiger partial charge in [0.05, 0.1) is 0 Å². The van der Waals surface area contributed by atoms with Crippen LogP contribution in [-0.2, 0) is 0 Å². The predicted octanol–water partition coefficient (Wildman–Crippen LogP) is 3.89. The number of anilines is 1.